The molecule has 0 fully saturated rings. The van der Waals surface area contributed by atoms with E-state index in [-0.39, 0.29) is 17.3 Å². The molecule has 0 aromatic heterocycles. The highest BCUT2D eigenvalue weighted by atomic mass is 32.2. The summed E-state index contributed by atoms with van der Waals surface area (Å²) in [6.07, 6.45) is 0. The molecule has 0 aliphatic carbocycles. The van der Waals surface area contributed by atoms with Crippen molar-refractivity contribution in [3.63, 3.8) is 0 Å². The van der Waals surface area contributed by atoms with E-state index in [1.807, 2.05) is 0 Å². The normalized spacial score (nSPS) is 12.3. The van der Waals surface area contributed by atoms with Gasteiger partial charge in [-0.25, -0.2) is 0 Å². The third-order valence-electron chi connectivity index (χ3n) is 1.71. The van der Waals surface area contributed by atoms with Crippen molar-refractivity contribution in [3.8, 4) is 11.5 Å². The maximum atomic E-state index is 10.4. The largest absolute Gasteiger partial charge is 0.504 e. The topological polar surface area (TPSA) is 104 Å². The van der Waals surface area contributed by atoms with Gasteiger partial charge < -0.3 is 21.1 Å². The number of phenols is 2. The van der Waals surface area contributed by atoms with Crippen LogP contribution in [0.15, 0.2) is 23.1 Å². The summed E-state index contributed by atoms with van der Waals surface area (Å²) in [5.41, 5.74) is 5.29. The SMILES string of the molecule is N[C@@H](CSc1cccc(O)c1O)C(=O)O. The van der Waals surface area contributed by atoms with Crippen molar-refractivity contribution in [3.05, 3.63) is 18.2 Å². The molecule has 15 heavy (non-hydrogen) atoms. The van der Waals surface area contributed by atoms with Gasteiger partial charge in [0.2, 0.25) is 0 Å². The van der Waals surface area contributed by atoms with Gasteiger partial charge in [-0.05, 0) is 12.1 Å². The molecule has 1 atom stereocenters. The van der Waals surface area contributed by atoms with Crippen molar-refractivity contribution in [1.82, 2.24) is 0 Å². The number of thioether (sulfide) groups is 1. The molecule has 0 unspecified atom stereocenters. The Morgan fingerprint density at radius 3 is 2.73 bits per heavy atom. The van der Waals surface area contributed by atoms with Crippen molar-refractivity contribution < 1.29 is 20.1 Å². The highest BCUT2D eigenvalue weighted by Crippen LogP contribution is 2.35. The zero-order valence-corrected chi connectivity index (χ0v) is 8.57. The van der Waals surface area contributed by atoms with Crippen LogP contribution in [0.3, 0.4) is 0 Å². The number of nitrogens with two attached hydrogens (primary N) is 1. The van der Waals surface area contributed by atoms with Crippen molar-refractivity contribution in [1.29, 1.82) is 0 Å². The smallest absolute Gasteiger partial charge is 0.321 e. The van der Waals surface area contributed by atoms with Crippen LogP contribution >= 0.6 is 11.8 Å². The molecule has 0 amide bonds. The van der Waals surface area contributed by atoms with E-state index >= 15 is 0 Å². The first-order valence-corrected chi connectivity index (χ1v) is 5.13. The summed E-state index contributed by atoms with van der Waals surface area (Å²) < 4.78 is 0. The van der Waals surface area contributed by atoms with Crippen molar-refractivity contribution >= 4 is 17.7 Å². The maximum Gasteiger partial charge on any atom is 0.321 e. The second-order valence-corrected chi connectivity index (χ2v) is 3.94. The summed E-state index contributed by atoms with van der Waals surface area (Å²) >= 11 is 1.08. The molecular weight excluding hydrogens is 218 g/mol. The number of hydrogen-bond acceptors (Lipinski definition) is 5. The molecule has 0 radical (unpaired) electrons. The molecule has 5 nitrogen and oxygen atoms in total. The van der Waals surface area contributed by atoms with Gasteiger partial charge in [0.1, 0.15) is 6.04 Å². The number of rotatable bonds is 4. The Hall–Kier alpha value is -1.40. The van der Waals surface area contributed by atoms with Gasteiger partial charge in [0, 0.05) is 5.75 Å². The number of carbonyl (C=O) groups is 1. The van der Waals surface area contributed by atoms with Crippen molar-refractivity contribution in [2.45, 2.75) is 10.9 Å². The number of para-hydroxylation sites is 1. The number of hydrogen-bond donors (Lipinski definition) is 4. The lowest BCUT2D eigenvalue weighted by Crippen LogP contribution is -2.32. The minimum Gasteiger partial charge on any atom is -0.504 e. The Balaban J connectivity index is 2.66. The molecular formula is C9H11NO4S. The minimum absolute atomic E-state index is 0.131. The molecule has 1 aromatic rings. The Bertz CT molecular complexity index is 369. The van der Waals surface area contributed by atoms with E-state index in [1.165, 1.54) is 6.07 Å². The summed E-state index contributed by atoms with van der Waals surface area (Å²) in [4.78, 5) is 10.8. The molecule has 5 N–H and O–H groups in total. The Morgan fingerprint density at radius 1 is 1.47 bits per heavy atom. The van der Waals surface area contributed by atoms with Crippen LogP contribution in [0.2, 0.25) is 0 Å². The second-order valence-electron chi connectivity index (χ2n) is 2.88. The summed E-state index contributed by atoms with van der Waals surface area (Å²) in [5.74, 6) is -1.45. The van der Waals surface area contributed by atoms with E-state index in [0.29, 0.717) is 4.90 Å². The molecule has 0 aliphatic heterocycles. The summed E-state index contributed by atoms with van der Waals surface area (Å²) in [6, 6.07) is 3.49. The zero-order valence-electron chi connectivity index (χ0n) is 7.75. The van der Waals surface area contributed by atoms with Crippen LogP contribution in [-0.2, 0) is 4.79 Å². The molecule has 0 saturated carbocycles. The van der Waals surface area contributed by atoms with Gasteiger partial charge in [-0.15, -0.1) is 11.8 Å². The zero-order chi connectivity index (χ0) is 11.4. The fraction of sp³-hybridized carbons (Fsp3) is 0.222. The standard InChI is InChI=1S/C9H11NO4S/c10-5(9(13)14)4-15-7-3-1-2-6(11)8(7)12/h1-3,5,11-12H,4,10H2,(H,13,14)/t5-/m0/s1. The van der Waals surface area contributed by atoms with Gasteiger partial charge in [0.25, 0.3) is 0 Å². The number of benzene rings is 1. The number of phenolic OH excluding ortho intramolecular Hbond substituents is 2. The lowest BCUT2D eigenvalue weighted by Gasteiger charge is -2.07. The van der Waals surface area contributed by atoms with Crippen LogP contribution in [0, 0.1) is 0 Å². The van der Waals surface area contributed by atoms with E-state index < -0.39 is 12.0 Å². The van der Waals surface area contributed by atoms with Crippen molar-refractivity contribution in [2.24, 2.45) is 5.73 Å². The molecule has 1 aromatic carbocycles. The Morgan fingerprint density at radius 2 is 2.13 bits per heavy atom. The number of carboxylic acids is 1. The van der Waals surface area contributed by atoms with E-state index in [4.69, 9.17) is 15.9 Å². The third kappa shape index (κ3) is 3.03. The number of aromatic hydroxyl groups is 2. The van der Waals surface area contributed by atoms with E-state index in [9.17, 15) is 9.90 Å². The molecule has 0 spiro atoms. The fourth-order valence-corrected chi connectivity index (χ4v) is 1.80. The lowest BCUT2D eigenvalue weighted by atomic mass is 10.3. The highest BCUT2D eigenvalue weighted by molar-refractivity contribution is 7.99. The predicted octanol–water partition coefficient (Wildman–Crippen LogP) is 0.602. The molecule has 0 heterocycles. The van der Waals surface area contributed by atoms with Gasteiger partial charge in [0.05, 0.1) is 4.90 Å². The van der Waals surface area contributed by atoms with Gasteiger partial charge in [-0.2, -0.15) is 0 Å². The van der Waals surface area contributed by atoms with Crippen LogP contribution < -0.4 is 5.73 Å². The molecule has 0 saturated heterocycles. The van der Waals surface area contributed by atoms with Crippen LogP contribution in [-0.4, -0.2) is 33.1 Å². The highest BCUT2D eigenvalue weighted by Gasteiger charge is 2.13. The molecule has 1 rings (SSSR count). The molecule has 82 valence electrons. The monoisotopic (exact) mass is 229 g/mol. The van der Waals surface area contributed by atoms with E-state index in [1.54, 1.807) is 12.1 Å². The van der Waals surface area contributed by atoms with Crippen LogP contribution in [0.5, 0.6) is 11.5 Å². The van der Waals surface area contributed by atoms with Gasteiger partial charge in [-0.1, -0.05) is 6.07 Å². The third-order valence-corrected chi connectivity index (χ3v) is 2.88. The fourth-order valence-electron chi connectivity index (χ4n) is 0.878. The van der Waals surface area contributed by atoms with Crippen LogP contribution in [0.4, 0.5) is 0 Å². The first-order valence-electron chi connectivity index (χ1n) is 4.14. The lowest BCUT2D eigenvalue weighted by molar-refractivity contribution is -0.137. The van der Waals surface area contributed by atoms with Gasteiger partial charge in [-0.3, -0.25) is 4.79 Å². The first-order chi connectivity index (χ1) is 7.02. The predicted molar refractivity (Wildman–Crippen MR) is 56.1 cm³/mol. The van der Waals surface area contributed by atoms with Crippen LogP contribution in [0.25, 0.3) is 0 Å². The quantitative estimate of drug-likeness (QED) is 0.445. The van der Waals surface area contributed by atoms with Crippen molar-refractivity contribution in [2.75, 3.05) is 5.75 Å². The molecule has 6 heteroatoms. The second kappa shape index (κ2) is 4.90. The Kier molecular flexibility index (Phi) is 3.81. The number of carboxylic acid groups (broad SMARTS) is 1. The summed E-state index contributed by atoms with van der Waals surface area (Å²) in [6.45, 7) is 0. The summed E-state index contributed by atoms with van der Waals surface area (Å²) in [5, 5.41) is 27.1. The molecule has 0 aliphatic rings. The number of aliphatic carboxylic acids is 1. The summed E-state index contributed by atoms with van der Waals surface area (Å²) in [7, 11) is 0. The minimum atomic E-state index is -1.10. The van der Waals surface area contributed by atoms with E-state index in [2.05, 4.69) is 0 Å². The molecule has 0 bridgehead atoms. The average Bonchev–Trinajstić information content (AvgIpc) is 2.19. The van der Waals surface area contributed by atoms with Gasteiger partial charge in [0.15, 0.2) is 11.5 Å². The average molecular weight is 229 g/mol. The first kappa shape index (κ1) is 11.7. The van der Waals surface area contributed by atoms with E-state index in [0.717, 1.165) is 11.8 Å². The van der Waals surface area contributed by atoms with Gasteiger partial charge >= 0.3 is 5.97 Å². The van der Waals surface area contributed by atoms with Crippen LogP contribution in [0.1, 0.15) is 0 Å². The Labute approximate surface area is 90.5 Å². The maximum absolute atomic E-state index is 10.4.